The molecule has 50 valence electrons. The van der Waals surface area contributed by atoms with Crippen LogP contribution in [0.1, 0.15) is 5.82 Å². The molecule has 5 heteroatoms. The van der Waals surface area contributed by atoms with Crippen molar-refractivity contribution in [3.63, 3.8) is 0 Å². The monoisotopic (exact) mass is 128 g/mol. The highest BCUT2D eigenvalue weighted by Crippen LogP contribution is 1.78. The van der Waals surface area contributed by atoms with Crippen LogP contribution in [-0.4, -0.2) is 26.8 Å². The van der Waals surface area contributed by atoms with Gasteiger partial charge in [0.05, 0.1) is 6.54 Å². The molecule has 5 nitrogen and oxygen atoms in total. The Balaban J connectivity index is 2.61. The molecule has 0 aliphatic heterocycles. The van der Waals surface area contributed by atoms with E-state index in [4.69, 9.17) is 0 Å². The number of hydrogen-bond acceptors (Lipinski definition) is 3. The standard InChI is InChI=1S/C4H9N5/c1-4-6-8-9(7-4)3-2-5/h2-3,5H2,1H3/p+1. The lowest BCUT2D eigenvalue weighted by molar-refractivity contribution is -0.370. The molecule has 1 rings (SSSR count). The highest BCUT2D eigenvalue weighted by Gasteiger charge is 1.93. The van der Waals surface area contributed by atoms with E-state index < -0.39 is 0 Å². The predicted octanol–water partition coefficient (Wildman–Crippen LogP) is -1.78. The van der Waals surface area contributed by atoms with Crippen molar-refractivity contribution in [2.24, 2.45) is 0 Å². The van der Waals surface area contributed by atoms with E-state index >= 15 is 0 Å². The summed E-state index contributed by atoms with van der Waals surface area (Å²) in [5, 5.41) is 11.4. The summed E-state index contributed by atoms with van der Waals surface area (Å²) < 4.78 is 0. The van der Waals surface area contributed by atoms with Gasteiger partial charge in [0.25, 0.3) is 0 Å². The molecule has 9 heavy (non-hydrogen) atoms. The highest BCUT2D eigenvalue weighted by atomic mass is 15.6. The fourth-order valence-electron chi connectivity index (χ4n) is 0.560. The van der Waals surface area contributed by atoms with E-state index in [1.165, 1.54) is 0 Å². The Morgan fingerprint density at radius 2 is 2.44 bits per heavy atom. The molecule has 0 amide bonds. The SMILES string of the molecule is Cc1nnn(CC[NH3+])n1. The van der Waals surface area contributed by atoms with E-state index in [0.29, 0.717) is 5.82 Å². The summed E-state index contributed by atoms with van der Waals surface area (Å²) >= 11 is 0. The highest BCUT2D eigenvalue weighted by molar-refractivity contribution is 4.66. The van der Waals surface area contributed by atoms with E-state index in [9.17, 15) is 0 Å². The van der Waals surface area contributed by atoms with Gasteiger partial charge in [-0.2, -0.15) is 4.80 Å². The van der Waals surface area contributed by atoms with Crippen LogP contribution < -0.4 is 5.73 Å². The van der Waals surface area contributed by atoms with Crippen molar-refractivity contribution in [2.75, 3.05) is 6.54 Å². The van der Waals surface area contributed by atoms with Crippen LogP contribution in [0.25, 0.3) is 0 Å². The molecular weight excluding hydrogens is 118 g/mol. The molecule has 0 aliphatic rings. The first-order valence-corrected chi connectivity index (χ1v) is 2.86. The number of aryl methyl sites for hydroxylation is 1. The Bertz CT molecular complexity index is 181. The predicted molar refractivity (Wildman–Crippen MR) is 30.3 cm³/mol. The first-order chi connectivity index (χ1) is 4.33. The van der Waals surface area contributed by atoms with Gasteiger partial charge in [0.2, 0.25) is 0 Å². The van der Waals surface area contributed by atoms with Gasteiger partial charge in [-0.15, -0.1) is 10.2 Å². The maximum Gasteiger partial charge on any atom is 0.171 e. The second kappa shape index (κ2) is 2.54. The third kappa shape index (κ3) is 1.46. The summed E-state index contributed by atoms with van der Waals surface area (Å²) in [6, 6.07) is 0. The van der Waals surface area contributed by atoms with E-state index in [-0.39, 0.29) is 0 Å². The summed E-state index contributed by atoms with van der Waals surface area (Å²) in [4.78, 5) is 1.54. The first kappa shape index (κ1) is 6.15. The smallest absolute Gasteiger partial charge is 0.171 e. The minimum Gasteiger partial charge on any atom is -0.356 e. The molecule has 0 spiro atoms. The van der Waals surface area contributed by atoms with Gasteiger partial charge in [-0.1, -0.05) is 0 Å². The Morgan fingerprint density at radius 3 is 2.89 bits per heavy atom. The van der Waals surface area contributed by atoms with Crippen molar-refractivity contribution < 1.29 is 5.73 Å². The van der Waals surface area contributed by atoms with Crippen molar-refractivity contribution in [3.8, 4) is 0 Å². The molecule has 0 fully saturated rings. The number of hydrogen-bond donors (Lipinski definition) is 1. The average molecular weight is 128 g/mol. The zero-order chi connectivity index (χ0) is 6.69. The summed E-state index contributed by atoms with van der Waals surface area (Å²) in [6.07, 6.45) is 0. The topological polar surface area (TPSA) is 71.2 Å². The zero-order valence-corrected chi connectivity index (χ0v) is 5.41. The second-order valence-corrected chi connectivity index (χ2v) is 1.79. The van der Waals surface area contributed by atoms with Crippen LogP contribution in [0.2, 0.25) is 0 Å². The molecule has 0 atom stereocenters. The largest absolute Gasteiger partial charge is 0.356 e. The minimum absolute atomic E-state index is 0.712. The molecule has 0 saturated heterocycles. The maximum absolute atomic E-state index is 3.95. The van der Waals surface area contributed by atoms with Crippen molar-refractivity contribution >= 4 is 0 Å². The van der Waals surface area contributed by atoms with Crippen molar-refractivity contribution in [1.82, 2.24) is 20.2 Å². The summed E-state index contributed by atoms with van der Waals surface area (Å²) in [7, 11) is 0. The van der Waals surface area contributed by atoms with Crippen molar-refractivity contribution in [1.29, 1.82) is 0 Å². The molecule has 3 N–H and O–H groups in total. The Kier molecular flexibility index (Phi) is 1.74. The van der Waals surface area contributed by atoms with Crippen LogP contribution in [-0.2, 0) is 6.54 Å². The van der Waals surface area contributed by atoms with Gasteiger partial charge in [-0.05, 0) is 12.1 Å². The molecule has 0 aromatic carbocycles. The van der Waals surface area contributed by atoms with E-state index in [1.807, 2.05) is 6.92 Å². The maximum atomic E-state index is 3.95. The molecule has 0 unspecified atom stereocenters. The van der Waals surface area contributed by atoms with Gasteiger partial charge >= 0.3 is 0 Å². The fourth-order valence-corrected chi connectivity index (χ4v) is 0.560. The Hall–Kier alpha value is -0.970. The van der Waals surface area contributed by atoms with Crippen LogP contribution >= 0.6 is 0 Å². The first-order valence-electron chi connectivity index (χ1n) is 2.86. The van der Waals surface area contributed by atoms with Crippen LogP contribution in [0.5, 0.6) is 0 Å². The number of nitrogens with zero attached hydrogens (tertiary/aromatic N) is 4. The molecule has 1 heterocycles. The number of quaternary nitrogens is 1. The average Bonchev–Trinajstić information content (AvgIpc) is 2.17. The number of aromatic nitrogens is 4. The van der Waals surface area contributed by atoms with Gasteiger partial charge in [0.1, 0.15) is 6.54 Å². The minimum atomic E-state index is 0.712. The lowest BCUT2D eigenvalue weighted by atomic mass is 10.7. The molecule has 1 aromatic rings. The van der Waals surface area contributed by atoms with Gasteiger partial charge in [-0.3, -0.25) is 0 Å². The molecule has 1 aromatic heterocycles. The normalized spacial score (nSPS) is 10.0. The fraction of sp³-hybridized carbons (Fsp3) is 0.750. The molecule has 0 aliphatic carbocycles. The second-order valence-electron chi connectivity index (χ2n) is 1.79. The van der Waals surface area contributed by atoms with Gasteiger partial charge in [0.15, 0.2) is 5.82 Å². The van der Waals surface area contributed by atoms with Crippen molar-refractivity contribution in [3.05, 3.63) is 5.82 Å². The third-order valence-electron chi connectivity index (χ3n) is 0.911. The number of rotatable bonds is 2. The molecule has 0 saturated carbocycles. The quantitative estimate of drug-likeness (QED) is 0.512. The summed E-state index contributed by atoms with van der Waals surface area (Å²) in [5.41, 5.74) is 3.66. The Morgan fingerprint density at radius 1 is 1.67 bits per heavy atom. The van der Waals surface area contributed by atoms with Gasteiger partial charge < -0.3 is 5.73 Å². The van der Waals surface area contributed by atoms with Crippen molar-refractivity contribution in [2.45, 2.75) is 13.5 Å². The molecule has 0 bridgehead atoms. The lowest BCUT2D eigenvalue weighted by Crippen LogP contribution is -2.52. The molecular formula is C4H10N5+. The van der Waals surface area contributed by atoms with Crippen LogP contribution in [0.15, 0.2) is 0 Å². The summed E-state index contributed by atoms with van der Waals surface area (Å²) in [5.74, 6) is 0.712. The van der Waals surface area contributed by atoms with Gasteiger partial charge in [-0.25, -0.2) is 0 Å². The van der Waals surface area contributed by atoms with Crippen LogP contribution in [0.4, 0.5) is 0 Å². The van der Waals surface area contributed by atoms with Gasteiger partial charge in [0, 0.05) is 0 Å². The van der Waals surface area contributed by atoms with Crippen LogP contribution in [0.3, 0.4) is 0 Å². The van der Waals surface area contributed by atoms with E-state index in [1.54, 1.807) is 4.80 Å². The third-order valence-corrected chi connectivity index (χ3v) is 0.911. The van der Waals surface area contributed by atoms with E-state index in [0.717, 1.165) is 13.1 Å². The molecule has 0 radical (unpaired) electrons. The van der Waals surface area contributed by atoms with Crippen LogP contribution in [0, 0.1) is 6.92 Å². The summed E-state index contributed by atoms with van der Waals surface area (Å²) in [6.45, 7) is 3.36. The zero-order valence-electron chi connectivity index (χ0n) is 5.41. The number of tetrazole rings is 1. The lowest BCUT2D eigenvalue weighted by Gasteiger charge is -1.87. The van der Waals surface area contributed by atoms with E-state index in [2.05, 4.69) is 21.1 Å². The Labute approximate surface area is 52.8 Å².